The molecule has 2 saturated carbocycles. The van der Waals surface area contributed by atoms with Crippen molar-refractivity contribution in [3.05, 3.63) is 72.0 Å². The van der Waals surface area contributed by atoms with Crippen molar-refractivity contribution in [3.63, 3.8) is 0 Å². The van der Waals surface area contributed by atoms with Crippen molar-refractivity contribution in [2.45, 2.75) is 64.5 Å². The summed E-state index contributed by atoms with van der Waals surface area (Å²) < 4.78 is 0. The summed E-state index contributed by atoms with van der Waals surface area (Å²) in [6, 6.07) is 0.638. The van der Waals surface area contributed by atoms with Crippen LogP contribution in [0.5, 0.6) is 0 Å². The third kappa shape index (κ3) is 8.41. The molecule has 2 fully saturated rings. The van der Waals surface area contributed by atoms with Gasteiger partial charge in [0.15, 0.2) is 0 Å². The zero-order chi connectivity index (χ0) is 21.2. The molecule has 2 N–H and O–H groups in total. The van der Waals surface area contributed by atoms with E-state index in [2.05, 4.69) is 66.7 Å². The van der Waals surface area contributed by atoms with Crippen LogP contribution in [0.3, 0.4) is 0 Å². The third-order valence-electron chi connectivity index (χ3n) is 5.23. The zero-order valence-corrected chi connectivity index (χ0v) is 18.6. The topological polar surface area (TPSA) is 36.4 Å². The quantitative estimate of drug-likeness (QED) is 0.227. The molecule has 0 aromatic heterocycles. The summed E-state index contributed by atoms with van der Waals surface area (Å²) >= 11 is 0. The predicted molar refractivity (Wildman–Crippen MR) is 128 cm³/mol. The molecule has 0 spiro atoms. The molecule has 0 saturated heterocycles. The van der Waals surface area contributed by atoms with Crippen molar-refractivity contribution in [3.8, 4) is 0 Å². The molecule has 0 bridgehead atoms. The molecular weight excluding hydrogens is 354 g/mol. The van der Waals surface area contributed by atoms with Gasteiger partial charge >= 0.3 is 0 Å². The summed E-state index contributed by atoms with van der Waals surface area (Å²) in [6.45, 7) is 17.7. The lowest BCUT2D eigenvalue weighted by molar-refractivity contribution is 0.741. The number of hydrogen-bond acceptors (Lipinski definition) is 3. The number of rotatable bonds is 14. The van der Waals surface area contributed by atoms with E-state index in [1.54, 1.807) is 0 Å². The molecule has 0 heterocycles. The molecule has 2 aliphatic carbocycles. The summed E-state index contributed by atoms with van der Waals surface area (Å²) in [7, 11) is 2.00. The van der Waals surface area contributed by atoms with Crippen LogP contribution in [0, 0.1) is 5.92 Å². The van der Waals surface area contributed by atoms with Crippen molar-refractivity contribution < 1.29 is 0 Å². The van der Waals surface area contributed by atoms with E-state index in [-0.39, 0.29) is 6.04 Å². The fraction of sp³-hybridized carbons (Fsp3) is 0.500. The number of unbranched alkanes of at least 4 members (excludes halogenated alkanes) is 1. The first kappa shape index (κ1) is 23.2. The average molecular weight is 394 g/mol. The Hall–Kier alpha value is -2.13. The molecule has 3 nitrogen and oxygen atoms in total. The van der Waals surface area contributed by atoms with Gasteiger partial charge in [0.05, 0.1) is 12.1 Å². The van der Waals surface area contributed by atoms with Gasteiger partial charge < -0.3 is 10.6 Å². The van der Waals surface area contributed by atoms with Crippen molar-refractivity contribution in [1.82, 2.24) is 10.6 Å². The molecule has 29 heavy (non-hydrogen) atoms. The summed E-state index contributed by atoms with van der Waals surface area (Å²) in [5.41, 5.74) is 5.57. The lowest BCUT2D eigenvalue weighted by Crippen LogP contribution is -2.28. The Labute approximate surface area is 178 Å². The van der Waals surface area contributed by atoms with Gasteiger partial charge in [0.1, 0.15) is 0 Å². The molecule has 0 aliphatic heterocycles. The maximum atomic E-state index is 4.63. The Morgan fingerprint density at radius 1 is 1.17 bits per heavy atom. The largest absolute Gasteiger partial charge is 0.386 e. The maximum absolute atomic E-state index is 4.63. The van der Waals surface area contributed by atoms with E-state index < -0.39 is 0 Å². The molecule has 2 aliphatic rings. The van der Waals surface area contributed by atoms with E-state index in [0.29, 0.717) is 18.5 Å². The fourth-order valence-electron chi connectivity index (χ4n) is 3.14. The monoisotopic (exact) mass is 393 g/mol. The minimum Gasteiger partial charge on any atom is -0.386 e. The SMILES string of the molecule is C=C(C)/C=C(\C=NC1CC1)CN/C=C(/C(=C)C(=C)C1CC1)C(/C=C\CCC)NC. The number of nitrogens with zero attached hydrogens (tertiary/aromatic N) is 1. The van der Waals surface area contributed by atoms with Crippen molar-refractivity contribution in [1.29, 1.82) is 0 Å². The molecule has 0 radical (unpaired) electrons. The highest BCUT2D eigenvalue weighted by Gasteiger charge is 2.28. The number of allylic oxidation sites excluding steroid dienone is 4. The van der Waals surface area contributed by atoms with Gasteiger partial charge in [-0.2, -0.15) is 0 Å². The van der Waals surface area contributed by atoms with Gasteiger partial charge in [-0.25, -0.2) is 0 Å². The van der Waals surface area contributed by atoms with E-state index >= 15 is 0 Å². The van der Waals surface area contributed by atoms with E-state index in [1.807, 2.05) is 20.2 Å². The molecule has 158 valence electrons. The lowest BCUT2D eigenvalue weighted by Gasteiger charge is -2.21. The van der Waals surface area contributed by atoms with Gasteiger partial charge in [0.2, 0.25) is 0 Å². The molecule has 1 atom stereocenters. The minimum absolute atomic E-state index is 0.116. The van der Waals surface area contributed by atoms with Crippen LogP contribution in [0.2, 0.25) is 0 Å². The molecule has 0 aromatic carbocycles. The first-order valence-corrected chi connectivity index (χ1v) is 11.0. The van der Waals surface area contributed by atoms with Crippen LogP contribution in [0.15, 0.2) is 77.0 Å². The van der Waals surface area contributed by atoms with Gasteiger partial charge in [-0.3, -0.25) is 4.99 Å². The molecule has 2 rings (SSSR count). The summed E-state index contributed by atoms with van der Waals surface area (Å²) in [5, 5.41) is 6.92. The normalized spacial score (nSPS) is 19.0. The average Bonchev–Trinajstić information content (AvgIpc) is 3.59. The van der Waals surface area contributed by atoms with Gasteiger partial charge in [0, 0.05) is 19.0 Å². The second-order valence-corrected chi connectivity index (χ2v) is 8.32. The van der Waals surface area contributed by atoms with Gasteiger partial charge in [-0.1, -0.05) is 56.9 Å². The molecule has 1 unspecified atom stereocenters. The van der Waals surface area contributed by atoms with Crippen LogP contribution < -0.4 is 10.6 Å². The molecule has 0 aromatic rings. The Bertz CT molecular complexity index is 712. The van der Waals surface area contributed by atoms with Crippen LogP contribution in [0.4, 0.5) is 0 Å². The Morgan fingerprint density at radius 2 is 1.90 bits per heavy atom. The fourth-order valence-corrected chi connectivity index (χ4v) is 3.14. The van der Waals surface area contributed by atoms with Crippen LogP contribution in [-0.2, 0) is 0 Å². The standard InChI is InChI=1S/C26H39N3/c1-7-8-9-10-26(27-6)25(21(5)20(4)23-11-12-23)18-28-16-22(15-19(2)3)17-29-24-13-14-24/h9-10,15,17-18,23-24,26-28H,2,4-5,7-8,11-14,16H2,1,3,6H3/b10-9-,22-15-,25-18-,29-17?. The van der Waals surface area contributed by atoms with E-state index in [9.17, 15) is 0 Å². The zero-order valence-electron chi connectivity index (χ0n) is 18.6. The number of aliphatic imine (C=N–C) groups is 1. The Balaban J connectivity index is 2.14. The van der Waals surface area contributed by atoms with E-state index in [0.717, 1.165) is 35.1 Å². The van der Waals surface area contributed by atoms with Gasteiger partial charge in [-0.05, 0) is 74.3 Å². The molecular formula is C26H39N3. The van der Waals surface area contributed by atoms with E-state index in [4.69, 9.17) is 0 Å². The van der Waals surface area contributed by atoms with Crippen molar-refractivity contribution in [2.75, 3.05) is 13.6 Å². The number of hydrogen-bond donors (Lipinski definition) is 2. The van der Waals surface area contributed by atoms with Gasteiger partial charge in [-0.15, -0.1) is 0 Å². The highest BCUT2D eigenvalue weighted by Crippen LogP contribution is 2.40. The molecule has 0 amide bonds. The van der Waals surface area contributed by atoms with Gasteiger partial charge in [0.25, 0.3) is 0 Å². The smallest absolute Gasteiger partial charge is 0.0524 e. The summed E-state index contributed by atoms with van der Waals surface area (Å²) in [4.78, 5) is 4.63. The third-order valence-corrected chi connectivity index (χ3v) is 5.23. The second kappa shape index (κ2) is 11.8. The lowest BCUT2D eigenvalue weighted by atomic mass is 9.92. The van der Waals surface area contributed by atoms with Crippen LogP contribution in [0.25, 0.3) is 0 Å². The van der Waals surface area contributed by atoms with Crippen molar-refractivity contribution in [2.24, 2.45) is 10.9 Å². The van der Waals surface area contributed by atoms with Crippen LogP contribution in [0.1, 0.15) is 52.4 Å². The first-order chi connectivity index (χ1) is 14.0. The Morgan fingerprint density at radius 3 is 2.45 bits per heavy atom. The minimum atomic E-state index is 0.116. The predicted octanol–water partition coefficient (Wildman–Crippen LogP) is 5.66. The van der Waals surface area contributed by atoms with Crippen molar-refractivity contribution >= 4 is 6.21 Å². The first-order valence-electron chi connectivity index (χ1n) is 11.0. The molecule has 3 heteroatoms. The van der Waals surface area contributed by atoms with E-state index in [1.165, 1.54) is 31.3 Å². The van der Waals surface area contributed by atoms with Crippen LogP contribution in [-0.4, -0.2) is 31.9 Å². The highest BCUT2D eigenvalue weighted by molar-refractivity contribution is 5.80. The maximum Gasteiger partial charge on any atom is 0.0524 e. The number of nitrogens with one attached hydrogen (secondary N) is 2. The highest BCUT2D eigenvalue weighted by atomic mass is 14.9. The Kier molecular flexibility index (Phi) is 9.40. The second-order valence-electron chi connectivity index (χ2n) is 8.32. The summed E-state index contributed by atoms with van der Waals surface area (Å²) in [5.74, 6) is 0.604. The van der Waals surface area contributed by atoms with Crippen LogP contribution >= 0.6 is 0 Å². The number of likely N-dealkylation sites (N-methyl/N-ethyl adjacent to an activating group) is 1. The summed E-state index contributed by atoms with van der Waals surface area (Å²) in [6.07, 6.45) is 17.8.